The van der Waals surface area contributed by atoms with Gasteiger partial charge in [0.25, 0.3) is 0 Å². The molecular formula is C10H19NO4. The van der Waals surface area contributed by atoms with Crippen molar-refractivity contribution in [2.75, 3.05) is 13.1 Å². The number of carbonyl (C=O) groups is 1. The maximum Gasteiger partial charge on any atom is 0.410 e. The summed E-state index contributed by atoms with van der Waals surface area (Å²) in [7, 11) is 0. The average molecular weight is 217 g/mol. The monoisotopic (exact) mass is 217 g/mol. The van der Waals surface area contributed by atoms with E-state index in [1.807, 2.05) is 0 Å². The molecule has 0 aromatic rings. The largest absolute Gasteiger partial charge is 0.444 e. The lowest BCUT2D eigenvalue weighted by molar-refractivity contribution is -0.0468. The van der Waals surface area contributed by atoms with E-state index in [-0.39, 0.29) is 6.54 Å². The van der Waals surface area contributed by atoms with Crippen molar-refractivity contribution in [3.63, 3.8) is 0 Å². The summed E-state index contributed by atoms with van der Waals surface area (Å²) in [6.07, 6.45) is -1.65. The zero-order valence-corrected chi connectivity index (χ0v) is 9.43. The second kappa shape index (κ2) is 4.37. The second-order valence-corrected chi connectivity index (χ2v) is 4.85. The van der Waals surface area contributed by atoms with E-state index in [2.05, 4.69) is 0 Å². The highest BCUT2D eigenvalue weighted by Crippen LogP contribution is 2.15. The Morgan fingerprint density at radius 1 is 1.33 bits per heavy atom. The minimum atomic E-state index is -0.869. The fraction of sp³-hybridized carbons (Fsp3) is 0.900. The van der Waals surface area contributed by atoms with Gasteiger partial charge in [0.05, 0.1) is 18.8 Å². The fourth-order valence-electron chi connectivity index (χ4n) is 1.41. The SMILES string of the molecule is CC(C)(C)OC(=O)N1CC[C@@H](O)[C@H](O)C1. The number of carbonyl (C=O) groups excluding carboxylic acids is 1. The molecule has 0 aliphatic carbocycles. The number of nitrogens with zero attached hydrogens (tertiary/aromatic N) is 1. The van der Waals surface area contributed by atoms with Crippen molar-refractivity contribution in [1.82, 2.24) is 4.90 Å². The molecular weight excluding hydrogens is 198 g/mol. The molecule has 1 heterocycles. The smallest absolute Gasteiger partial charge is 0.410 e. The Kier molecular flexibility index (Phi) is 3.57. The molecule has 0 aromatic carbocycles. The first-order valence-electron chi connectivity index (χ1n) is 5.13. The molecule has 1 rings (SSSR count). The zero-order chi connectivity index (χ0) is 11.6. The third-order valence-electron chi connectivity index (χ3n) is 2.20. The van der Waals surface area contributed by atoms with Gasteiger partial charge in [0.2, 0.25) is 0 Å². The quantitative estimate of drug-likeness (QED) is 0.614. The van der Waals surface area contributed by atoms with Crippen LogP contribution >= 0.6 is 0 Å². The van der Waals surface area contributed by atoms with Crippen molar-refractivity contribution >= 4 is 6.09 Å². The van der Waals surface area contributed by atoms with Gasteiger partial charge in [-0.2, -0.15) is 0 Å². The van der Waals surface area contributed by atoms with Crippen LogP contribution in [0.4, 0.5) is 4.79 Å². The molecule has 0 radical (unpaired) electrons. The molecule has 1 aliphatic heterocycles. The third-order valence-corrected chi connectivity index (χ3v) is 2.20. The molecule has 88 valence electrons. The lowest BCUT2D eigenvalue weighted by atomic mass is 10.1. The van der Waals surface area contributed by atoms with Crippen molar-refractivity contribution in [2.45, 2.75) is 45.0 Å². The van der Waals surface area contributed by atoms with Gasteiger partial charge in [-0.15, -0.1) is 0 Å². The van der Waals surface area contributed by atoms with Crippen LogP contribution < -0.4 is 0 Å². The number of hydrogen-bond acceptors (Lipinski definition) is 4. The highest BCUT2D eigenvalue weighted by Gasteiger charge is 2.31. The van der Waals surface area contributed by atoms with Gasteiger partial charge in [0.15, 0.2) is 0 Å². The van der Waals surface area contributed by atoms with Crippen molar-refractivity contribution in [2.24, 2.45) is 0 Å². The number of aliphatic hydroxyl groups excluding tert-OH is 2. The van der Waals surface area contributed by atoms with Crippen LogP contribution in [-0.4, -0.2) is 52.1 Å². The van der Waals surface area contributed by atoms with E-state index >= 15 is 0 Å². The molecule has 2 atom stereocenters. The number of aliphatic hydroxyl groups is 2. The molecule has 1 aliphatic rings. The van der Waals surface area contributed by atoms with Gasteiger partial charge in [0.1, 0.15) is 5.60 Å². The Bertz CT molecular complexity index is 236. The third kappa shape index (κ3) is 3.68. The van der Waals surface area contributed by atoms with E-state index < -0.39 is 23.9 Å². The normalized spacial score (nSPS) is 27.7. The molecule has 5 nitrogen and oxygen atoms in total. The van der Waals surface area contributed by atoms with E-state index in [1.54, 1.807) is 20.8 Å². The summed E-state index contributed by atoms with van der Waals surface area (Å²) in [5.74, 6) is 0. The molecule has 1 saturated heterocycles. The number of rotatable bonds is 0. The fourth-order valence-corrected chi connectivity index (χ4v) is 1.41. The first-order valence-corrected chi connectivity index (χ1v) is 5.13. The molecule has 2 N–H and O–H groups in total. The van der Waals surface area contributed by atoms with Gasteiger partial charge in [0, 0.05) is 6.54 Å². The average Bonchev–Trinajstić information content (AvgIpc) is 2.06. The Labute approximate surface area is 89.6 Å². The van der Waals surface area contributed by atoms with Gasteiger partial charge in [-0.25, -0.2) is 4.79 Å². The van der Waals surface area contributed by atoms with Crippen molar-refractivity contribution in [1.29, 1.82) is 0 Å². The van der Waals surface area contributed by atoms with Crippen LogP contribution in [-0.2, 0) is 4.74 Å². The Balaban J connectivity index is 2.48. The summed E-state index contributed by atoms with van der Waals surface area (Å²) in [5, 5.41) is 18.7. The van der Waals surface area contributed by atoms with Gasteiger partial charge >= 0.3 is 6.09 Å². The maximum atomic E-state index is 11.6. The second-order valence-electron chi connectivity index (χ2n) is 4.85. The van der Waals surface area contributed by atoms with Crippen molar-refractivity contribution in [3.8, 4) is 0 Å². The molecule has 1 fully saturated rings. The molecule has 0 spiro atoms. The Morgan fingerprint density at radius 3 is 2.40 bits per heavy atom. The van der Waals surface area contributed by atoms with Crippen LogP contribution in [0.3, 0.4) is 0 Å². The van der Waals surface area contributed by atoms with E-state index in [0.29, 0.717) is 13.0 Å². The Hall–Kier alpha value is -0.810. The van der Waals surface area contributed by atoms with E-state index in [9.17, 15) is 15.0 Å². The van der Waals surface area contributed by atoms with E-state index in [0.717, 1.165) is 0 Å². The summed E-state index contributed by atoms with van der Waals surface area (Å²) in [6, 6.07) is 0. The van der Waals surface area contributed by atoms with Crippen LogP contribution in [0.5, 0.6) is 0 Å². The van der Waals surface area contributed by atoms with Crippen LogP contribution in [0.15, 0.2) is 0 Å². The summed E-state index contributed by atoms with van der Waals surface area (Å²) >= 11 is 0. The number of β-amino-alcohol motifs (C(OH)–C–C–N with tert-alkyl or cyclic N) is 1. The van der Waals surface area contributed by atoms with Crippen molar-refractivity contribution < 1.29 is 19.7 Å². The minimum absolute atomic E-state index is 0.135. The number of piperidine rings is 1. The standard InChI is InChI=1S/C10H19NO4/c1-10(2,3)15-9(14)11-5-4-7(12)8(13)6-11/h7-8,12-13H,4-6H2,1-3H3/t7-,8-/m1/s1. The number of likely N-dealkylation sites (tertiary alicyclic amines) is 1. The predicted octanol–water partition coefficient (Wildman–Crippen LogP) is 0.349. The zero-order valence-electron chi connectivity index (χ0n) is 9.43. The first-order chi connectivity index (χ1) is 6.79. The Morgan fingerprint density at radius 2 is 1.93 bits per heavy atom. The maximum absolute atomic E-state index is 11.6. The lowest BCUT2D eigenvalue weighted by Crippen LogP contribution is -2.50. The molecule has 1 amide bonds. The van der Waals surface area contributed by atoms with Gasteiger partial charge < -0.3 is 19.8 Å². The number of amides is 1. The predicted molar refractivity (Wildman–Crippen MR) is 54.4 cm³/mol. The van der Waals surface area contributed by atoms with Crippen LogP contribution in [0.1, 0.15) is 27.2 Å². The highest BCUT2D eigenvalue weighted by atomic mass is 16.6. The molecule has 15 heavy (non-hydrogen) atoms. The van der Waals surface area contributed by atoms with Gasteiger partial charge in [-0.05, 0) is 27.2 Å². The van der Waals surface area contributed by atoms with Crippen LogP contribution in [0, 0.1) is 0 Å². The molecule has 0 aromatic heterocycles. The van der Waals surface area contributed by atoms with Crippen LogP contribution in [0.25, 0.3) is 0 Å². The molecule has 5 heteroatoms. The first kappa shape index (κ1) is 12.3. The molecule has 0 saturated carbocycles. The minimum Gasteiger partial charge on any atom is -0.444 e. The lowest BCUT2D eigenvalue weighted by Gasteiger charge is -2.34. The topological polar surface area (TPSA) is 70.0 Å². The van der Waals surface area contributed by atoms with Crippen molar-refractivity contribution in [3.05, 3.63) is 0 Å². The number of ether oxygens (including phenoxy) is 1. The summed E-state index contributed by atoms with van der Waals surface area (Å²) in [4.78, 5) is 13.0. The summed E-state index contributed by atoms with van der Waals surface area (Å²) in [5.41, 5.74) is -0.530. The van der Waals surface area contributed by atoms with Crippen LogP contribution in [0.2, 0.25) is 0 Å². The van der Waals surface area contributed by atoms with E-state index in [4.69, 9.17) is 4.74 Å². The molecule has 0 unspecified atom stereocenters. The summed E-state index contributed by atoms with van der Waals surface area (Å²) < 4.78 is 5.15. The van der Waals surface area contributed by atoms with Gasteiger partial charge in [-0.3, -0.25) is 0 Å². The number of hydrogen-bond donors (Lipinski definition) is 2. The van der Waals surface area contributed by atoms with Gasteiger partial charge in [-0.1, -0.05) is 0 Å². The highest BCUT2D eigenvalue weighted by molar-refractivity contribution is 5.68. The van der Waals surface area contributed by atoms with E-state index in [1.165, 1.54) is 4.90 Å². The molecule has 0 bridgehead atoms. The summed E-state index contributed by atoms with van der Waals surface area (Å²) in [6.45, 7) is 5.93.